The molecule has 0 unspecified atom stereocenters. The van der Waals surface area contributed by atoms with E-state index < -0.39 is 0 Å². The van der Waals surface area contributed by atoms with Crippen molar-refractivity contribution in [1.29, 1.82) is 0 Å². The second-order valence-corrected chi connectivity index (χ2v) is 5.12. The van der Waals surface area contributed by atoms with Crippen LogP contribution in [0.15, 0.2) is 35.7 Å². The maximum Gasteiger partial charge on any atom is 0.0522 e. The normalized spacial score (nSPS) is 10.5. The van der Waals surface area contributed by atoms with Crippen LogP contribution in [0.25, 0.3) is 0 Å². The van der Waals surface area contributed by atoms with E-state index in [1.165, 1.54) is 16.1 Å². The predicted molar refractivity (Wildman–Crippen MR) is 76.6 cm³/mol. The Morgan fingerprint density at radius 2 is 2.06 bits per heavy atom. The molecule has 3 heteroatoms. The average molecular weight is 246 g/mol. The van der Waals surface area contributed by atoms with Crippen LogP contribution in [0.4, 0.5) is 11.4 Å². The zero-order valence-electron chi connectivity index (χ0n) is 10.3. The SMILES string of the molecule is CCN(Cc1cccs1)c1cccc(N)c1C. The van der Waals surface area contributed by atoms with E-state index in [2.05, 4.69) is 42.3 Å². The van der Waals surface area contributed by atoms with Crippen LogP contribution in [-0.4, -0.2) is 6.54 Å². The van der Waals surface area contributed by atoms with Gasteiger partial charge in [0.15, 0.2) is 0 Å². The van der Waals surface area contributed by atoms with Crippen molar-refractivity contribution in [2.75, 3.05) is 17.2 Å². The summed E-state index contributed by atoms with van der Waals surface area (Å²) >= 11 is 1.80. The maximum atomic E-state index is 5.96. The van der Waals surface area contributed by atoms with Crippen LogP contribution < -0.4 is 10.6 Å². The molecule has 90 valence electrons. The molecular formula is C14H18N2S. The molecule has 2 nitrogen and oxygen atoms in total. The van der Waals surface area contributed by atoms with Crippen molar-refractivity contribution >= 4 is 22.7 Å². The summed E-state index contributed by atoms with van der Waals surface area (Å²) in [6.07, 6.45) is 0. The van der Waals surface area contributed by atoms with Gasteiger partial charge in [-0.1, -0.05) is 12.1 Å². The first kappa shape index (κ1) is 12.0. The molecule has 0 atom stereocenters. The van der Waals surface area contributed by atoms with Gasteiger partial charge in [0.25, 0.3) is 0 Å². The minimum absolute atomic E-state index is 0.868. The number of anilines is 2. The van der Waals surface area contributed by atoms with E-state index in [4.69, 9.17) is 5.73 Å². The first-order chi connectivity index (χ1) is 8.22. The number of rotatable bonds is 4. The Balaban J connectivity index is 2.26. The number of thiophene rings is 1. The summed E-state index contributed by atoms with van der Waals surface area (Å²) in [6, 6.07) is 10.4. The molecule has 0 aliphatic carbocycles. The zero-order chi connectivity index (χ0) is 12.3. The highest BCUT2D eigenvalue weighted by molar-refractivity contribution is 7.09. The summed E-state index contributed by atoms with van der Waals surface area (Å²) in [5.41, 5.74) is 9.24. The average Bonchev–Trinajstić information content (AvgIpc) is 2.83. The van der Waals surface area contributed by atoms with E-state index in [-0.39, 0.29) is 0 Å². The standard InChI is InChI=1S/C14H18N2S/c1-3-16(10-12-6-5-9-17-12)14-8-4-7-13(15)11(14)2/h4-9H,3,10,15H2,1-2H3. The van der Waals surface area contributed by atoms with Gasteiger partial charge in [-0.2, -0.15) is 0 Å². The van der Waals surface area contributed by atoms with Crippen LogP contribution in [0.3, 0.4) is 0 Å². The molecule has 1 heterocycles. The molecule has 17 heavy (non-hydrogen) atoms. The Morgan fingerprint density at radius 3 is 2.71 bits per heavy atom. The molecule has 0 saturated heterocycles. The summed E-state index contributed by atoms with van der Waals surface area (Å²) in [6.45, 7) is 6.21. The third-order valence-electron chi connectivity index (χ3n) is 3.00. The van der Waals surface area contributed by atoms with E-state index in [1.54, 1.807) is 11.3 Å². The fourth-order valence-electron chi connectivity index (χ4n) is 1.94. The Labute approximate surface area is 107 Å². The summed E-state index contributed by atoms with van der Waals surface area (Å²) in [5.74, 6) is 0. The molecule has 0 saturated carbocycles. The van der Waals surface area contributed by atoms with E-state index in [0.29, 0.717) is 0 Å². The van der Waals surface area contributed by atoms with Gasteiger partial charge in [0.05, 0.1) is 6.54 Å². The van der Waals surface area contributed by atoms with Crippen LogP contribution in [0.5, 0.6) is 0 Å². The lowest BCUT2D eigenvalue weighted by Crippen LogP contribution is -2.22. The largest absolute Gasteiger partial charge is 0.398 e. The molecular weight excluding hydrogens is 228 g/mol. The van der Waals surface area contributed by atoms with Gasteiger partial charge in [-0.25, -0.2) is 0 Å². The zero-order valence-corrected chi connectivity index (χ0v) is 11.1. The van der Waals surface area contributed by atoms with Gasteiger partial charge in [-0.05, 0) is 43.0 Å². The van der Waals surface area contributed by atoms with Crippen LogP contribution >= 0.6 is 11.3 Å². The van der Waals surface area contributed by atoms with E-state index in [0.717, 1.165) is 18.8 Å². The number of hydrogen-bond acceptors (Lipinski definition) is 3. The van der Waals surface area contributed by atoms with Gasteiger partial charge >= 0.3 is 0 Å². The van der Waals surface area contributed by atoms with Crippen LogP contribution in [0, 0.1) is 6.92 Å². The van der Waals surface area contributed by atoms with Crippen molar-refractivity contribution in [2.24, 2.45) is 0 Å². The minimum Gasteiger partial charge on any atom is -0.398 e. The summed E-state index contributed by atoms with van der Waals surface area (Å²) < 4.78 is 0. The van der Waals surface area contributed by atoms with Gasteiger partial charge in [0.1, 0.15) is 0 Å². The lowest BCUT2D eigenvalue weighted by Gasteiger charge is -2.25. The quantitative estimate of drug-likeness (QED) is 0.834. The fraction of sp³-hybridized carbons (Fsp3) is 0.286. The highest BCUT2D eigenvalue weighted by Gasteiger charge is 2.09. The first-order valence-corrected chi connectivity index (χ1v) is 6.72. The van der Waals surface area contributed by atoms with Crippen LogP contribution in [0.2, 0.25) is 0 Å². The number of nitrogens with two attached hydrogens (primary N) is 1. The molecule has 0 radical (unpaired) electrons. The number of nitrogens with zero attached hydrogens (tertiary/aromatic N) is 1. The molecule has 0 fully saturated rings. The Kier molecular flexibility index (Phi) is 3.69. The smallest absolute Gasteiger partial charge is 0.0522 e. The number of hydrogen-bond donors (Lipinski definition) is 1. The molecule has 2 N–H and O–H groups in total. The lowest BCUT2D eigenvalue weighted by molar-refractivity contribution is 0.839. The molecule has 2 aromatic rings. The van der Waals surface area contributed by atoms with Crippen molar-refractivity contribution in [3.05, 3.63) is 46.2 Å². The minimum atomic E-state index is 0.868. The van der Waals surface area contributed by atoms with Crippen LogP contribution in [-0.2, 0) is 6.54 Å². The van der Waals surface area contributed by atoms with E-state index in [1.807, 2.05) is 12.1 Å². The van der Waals surface area contributed by atoms with Gasteiger partial charge in [-0.15, -0.1) is 11.3 Å². The van der Waals surface area contributed by atoms with Crippen molar-refractivity contribution < 1.29 is 0 Å². The van der Waals surface area contributed by atoms with Gasteiger partial charge in [0, 0.05) is 22.8 Å². The third-order valence-corrected chi connectivity index (χ3v) is 3.86. The van der Waals surface area contributed by atoms with Crippen molar-refractivity contribution in [1.82, 2.24) is 0 Å². The molecule has 0 spiro atoms. The molecule has 0 aliphatic rings. The highest BCUT2D eigenvalue weighted by atomic mass is 32.1. The molecule has 0 amide bonds. The molecule has 2 rings (SSSR count). The molecule has 0 bridgehead atoms. The van der Waals surface area contributed by atoms with Gasteiger partial charge in [0.2, 0.25) is 0 Å². The fourth-order valence-corrected chi connectivity index (χ4v) is 2.66. The monoisotopic (exact) mass is 246 g/mol. The topological polar surface area (TPSA) is 29.3 Å². The summed E-state index contributed by atoms with van der Waals surface area (Å²) in [4.78, 5) is 3.74. The van der Waals surface area contributed by atoms with E-state index >= 15 is 0 Å². The van der Waals surface area contributed by atoms with Crippen LogP contribution in [0.1, 0.15) is 17.4 Å². The van der Waals surface area contributed by atoms with Gasteiger partial charge in [-0.3, -0.25) is 0 Å². The lowest BCUT2D eigenvalue weighted by atomic mass is 10.1. The van der Waals surface area contributed by atoms with Gasteiger partial charge < -0.3 is 10.6 Å². The van der Waals surface area contributed by atoms with Crippen molar-refractivity contribution in [3.8, 4) is 0 Å². The third kappa shape index (κ3) is 2.61. The Hall–Kier alpha value is -1.48. The Morgan fingerprint density at radius 1 is 1.24 bits per heavy atom. The summed E-state index contributed by atoms with van der Waals surface area (Å²) in [7, 11) is 0. The predicted octanol–water partition coefficient (Wildman–Crippen LogP) is 3.67. The number of nitrogen functional groups attached to an aromatic ring is 1. The van der Waals surface area contributed by atoms with Crippen molar-refractivity contribution in [2.45, 2.75) is 20.4 Å². The van der Waals surface area contributed by atoms with E-state index in [9.17, 15) is 0 Å². The first-order valence-electron chi connectivity index (χ1n) is 5.84. The second kappa shape index (κ2) is 5.23. The molecule has 1 aromatic heterocycles. The summed E-state index contributed by atoms with van der Waals surface area (Å²) in [5, 5.41) is 2.12. The van der Waals surface area contributed by atoms with Crippen molar-refractivity contribution in [3.63, 3.8) is 0 Å². The Bertz CT molecular complexity index is 477. The number of benzene rings is 1. The highest BCUT2D eigenvalue weighted by Crippen LogP contribution is 2.26. The molecule has 0 aliphatic heterocycles. The maximum absolute atomic E-state index is 5.96. The second-order valence-electron chi connectivity index (χ2n) is 4.08. The molecule has 1 aromatic carbocycles.